The Bertz CT molecular complexity index is 431. The summed E-state index contributed by atoms with van der Waals surface area (Å²) in [5.74, 6) is -0.244. The van der Waals surface area contributed by atoms with Gasteiger partial charge in [-0.25, -0.2) is 0 Å². The number of aryl methyl sites for hydroxylation is 1. The molecular formula is C14H18N2O. The summed E-state index contributed by atoms with van der Waals surface area (Å²) in [7, 11) is 0. The highest BCUT2D eigenvalue weighted by atomic mass is 16.2. The lowest BCUT2D eigenvalue weighted by atomic mass is 9.88. The van der Waals surface area contributed by atoms with Crippen molar-refractivity contribution >= 4 is 11.6 Å². The molecule has 1 unspecified atom stereocenters. The third-order valence-corrected chi connectivity index (χ3v) is 3.08. The maximum Gasteiger partial charge on any atom is 0.244 e. The summed E-state index contributed by atoms with van der Waals surface area (Å²) >= 11 is 0. The summed E-state index contributed by atoms with van der Waals surface area (Å²) < 4.78 is 0. The summed E-state index contributed by atoms with van der Waals surface area (Å²) in [6, 6.07) is 9.74. The van der Waals surface area contributed by atoms with Crippen LogP contribution in [0.25, 0.3) is 0 Å². The van der Waals surface area contributed by atoms with Crippen molar-refractivity contribution in [3.05, 3.63) is 29.8 Å². The first-order valence-electron chi connectivity index (χ1n) is 5.87. The highest BCUT2D eigenvalue weighted by molar-refractivity contribution is 5.96. The summed E-state index contributed by atoms with van der Waals surface area (Å²) in [6.07, 6.45) is 1.47. The fourth-order valence-corrected chi connectivity index (χ4v) is 1.38. The molecule has 90 valence electrons. The molecule has 1 aromatic carbocycles. The van der Waals surface area contributed by atoms with Crippen molar-refractivity contribution in [2.75, 3.05) is 5.32 Å². The second kappa shape index (κ2) is 5.49. The van der Waals surface area contributed by atoms with Gasteiger partial charge >= 0.3 is 0 Å². The Morgan fingerprint density at radius 2 is 1.94 bits per heavy atom. The molecule has 1 amide bonds. The summed E-state index contributed by atoms with van der Waals surface area (Å²) in [6.45, 7) is 5.57. The zero-order valence-corrected chi connectivity index (χ0v) is 10.6. The number of hydrogen-bond acceptors (Lipinski definition) is 2. The van der Waals surface area contributed by atoms with Crippen LogP contribution >= 0.6 is 0 Å². The first-order chi connectivity index (χ1) is 8.05. The lowest BCUT2D eigenvalue weighted by Crippen LogP contribution is -2.31. The van der Waals surface area contributed by atoms with Crippen LogP contribution in [0.4, 0.5) is 5.69 Å². The van der Waals surface area contributed by atoms with E-state index in [2.05, 4.69) is 18.3 Å². The van der Waals surface area contributed by atoms with Gasteiger partial charge in [-0.15, -0.1) is 0 Å². The van der Waals surface area contributed by atoms with Crippen LogP contribution in [-0.4, -0.2) is 5.91 Å². The average Bonchev–Trinajstić information content (AvgIpc) is 2.38. The van der Waals surface area contributed by atoms with E-state index < -0.39 is 5.41 Å². The molecule has 1 rings (SSSR count). The molecule has 0 aliphatic heterocycles. The van der Waals surface area contributed by atoms with Crippen molar-refractivity contribution in [2.24, 2.45) is 5.41 Å². The van der Waals surface area contributed by atoms with Crippen molar-refractivity contribution < 1.29 is 4.79 Å². The van der Waals surface area contributed by atoms with E-state index in [9.17, 15) is 4.79 Å². The number of rotatable bonds is 4. The molecule has 1 aromatic rings. The van der Waals surface area contributed by atoms with Crippen LogP contribution in [0, 0.1) is 16.7 Å². The van der Waals surface area contributed by atoms with Crippen molar-refractivity contribution in [1.29, 1.82) is 5.26 Å². The SMILES string of the molecule is CCc1ccc(NC(=O)C(C)(C#N)CC)cc1. The Hall–Kier alpha value is -1.82. The lowest BCUT2D eigenvalue weighted by molar-refractivity contribution is -0.122. The number of carbonyl (C=O) groups excluding carboxylic acids is 1. The van der Waals surface area contributed by atoms with Gasteiger partial charge in [0.05, 0.1) is 6.07 Å². The molecule has 3 nitrogen and oxygen atoms in total. The molecule has 0 saturated heterocycles. The third kappa shape index (κ3) is 3.07. The van der Waals surface area contributed by atoms with Crippen LogP contribution in [0.15, 0.2) is 24.3 Å². The number of amides is 1. The monoisotopic (exact) mass is 230 g/mol. The molecule has 0 aliphatic rings. The molecule has 0 bridgehead atoms. The molecule has 1 N–H and O–H groups in total. The van der Waals surface area contributed by atoms with E-state index >= 15 is 0 Å². The number of nitriles is 1. The predicted molar refractivity (Wildman–Crippen MR) is 68.5 cm³/mol. The number of carbonyl (C=O) groups is 1. The molecule has 0 heterocycles. The standard InChI is InChI=1S/C14H18N2O/c1-4-11-6-8-12(9-7-11)16-13(17)14(3,5-2)10-15/h6-9H,4-5H2,1-3H3,(H,16,17). The first kappa shape index (κ1) is 13.2. The van der Waals surface area contributed by atoms with Crippen molar-refractivity contribution in [3.8, 4) is 6.07 Å². The van der Waals surface area contributed by atoms with E-state index in [0.717, 1.165) is 12.1 Å². The van der Waals surface area contributed by atoms with Gasteiger partial charge in [-0.05, 0) is 37.5 Å². The van der Waals surface area contributed by atoms with Gasteiger partial charge in [0.2, 0.25) is 5.91 Å². The molecule has 0 saturated carbocycles. The highest BCUT2D eigenvalue weighted by Gasteiger charge is 2.31. The van der Waals surface area contributed by atoms with E-state index in [1.165, 1.54) is 5.56 Å². The van der Waals surface area contributed by atoms with E-state index in [1.54, 1.807) is 6.92 Å². The van der Waals surface area contributed by atoms with Gasteiger partial charge in [0.15, 0.2) is 0 Å². The number of anilines is 1. The molecular weight excluding hydrogens is 212 g/mol. The predicted octanol–water partition coefficient (Wildman–Crippen LogP) is 3.13. The molecule has 0 aromatic heterocycles. The lowest BCUT2D eigenvalue weighted by Gasteiger charge is -2.18. The van der Waals surface area contributed by atoms with Gasteiger partial charge in [0, 0.05) is 5.69 Å². The Morgan fingerprint density at radius 3 is 2.35 bits per heavy atom. The highest BCUT2D eigenvalue weighted by Crippen LogP contribution is 2.22. The maximum atomic E-state index is 11.9. The van der Waals surface area contributed by atoms with Gasteiger partial charge in [-0.1, -0.05) is 26.0 Å². The van der Waals surface area contributed by atoms with Crippen molar-refractivity contribution in [1.82, 2.24) is 0 Å². The minimum atomic E-state index is -0.955. The Balaban J connectivity index is 2.78. The van der Waals surface area contributed by atoms with E-state index in [1.807, 2.05) is 31.2 Å². The molecule has 17 heavy (non-hydrogen) atoms. The second-order valence-corrected chi connectivity index (χ2v) is 4.30. The van der Waals surface area contributed by atoms with E-state index in [4.69, 9.17) is 5.26 Å². The normalized spacial score (nSPS) is 13.5. The Kier molecular flexibility index (Phi) is 4.28. The zero-order valence-electron chi connectivity index (χ0n) is 10.6. The molecule has 0 radical (unpaired) electrons. The first-order valence-corrected chi connectivity index (χ1v) is 5.87. The molecule has 0 fully saturated rings. The zero-order chi connectivity index (χ0) is 12.9. The smallest absolute Gasteiger partial charge is 0.244 e. The van der Waals surface area contributed by atoms with Gasteiger partial charge in [0.25, 0.3) is 0 Å². The van der Waals surface area contributed by atoms with Gasteiger partial charge in [0.1, 0.15) is 5.41 Å². The number of hydrogen-bond donors (Lipinski definition) is 1. The minimum absolute atomic E-state index is 0.244. The molecule has 0 aliphatic carbocycles. The van der Waals surface area contributed by atoms with Gasteiger partial charge in [-0.2, -0.15) is 5.26 Å². The van der Waals surface area contributed by atoms with Gasteiger partial charge in [-0.3, -0.25) is 4.79 Å². The second-order valence-electron chi connectivity index (χ2n) is 4.30. The quantitative estimate of drug-likeness (QED) is 0.864. The van der Waals surface area contributed by atoms with Gasteiger partial charge < -0.3 is 5.32 Å². The summed E-state index contributed by atoms with van der Waals surface area (Å²) in [5.41, 5.74) is 1.01. The van der Waals surface area contributed by atoms with Crippen LogP contribution in [0.3, 0.4) is 0 Å². The van der Waals surface area contributed by atoms with Crippen molar-refractivity contribution in [3.63, 3.8) is 0 Å². The third-order valence-electron chi connectivity index (χ3n) is 3.08. The number of benzene rings is 1. The fourth-order valence-electron chi connectivity index (χ4n) is 1.38. The summed E-state index contributed by atoms with van der Waals surface area (Å²) in [4.78, 5) is 11.9. The van der Waals surface area contributed by atoms with Crippen LogP contribution in [-0.2, 0) is 11.2 Å². The van der Waals surface area contributed by atoms with Crippen LogP contribution in [0.2, 0.25) is 0 Å². The number of nitrogens with one attached hydrogen (secondary N) is 1. The summed E-state index contributed by atoms with van der Waals surface area (Å²) in [5, 5.41) is 11.8. The average molecular weight is 230 g/mol. The van der Waals surface area contributed by atoms with E-state index in [0.29, 0.717) is 6.42 Å². The van der Waals surface area contributed by atoms with Crippen LogP contribution in [0.1, 0.15) is 32.8 Å². The molecule has 3 heteroatoms. The van der Waals surface area contributed by atoms with Crippen LogP contribution < -0.4 is 5.32 Å². The maximum absolute atomic E-state index is 11.9. The van der Waals surface area contributed by atoms with Crippen molar-refractivity contribution in [2.45, 2.75) is 33.6 Å². The molecule has 1 atom stereocenters. The van der Waals surface area contributed by atoms with E-state index in [-0.39, 0.29) is 5.91 Å². The Labute approximate surface area is 102 Å². The fraction of sp³-hybridized carbons (Fsp3) is 0.429. The minimum Gasteiger partial charge on any atom is -0.325 e. The molecule has 0 spiro atoms. The topological polar surface area (TPSA) is 52.9 Å². The Morgan fingerprint density at radius 1 is 1.35 bits per heavy atom. The number of nitrogens with zero attached hydrogens (tertiary/aromatic N) is 1. The largest absolute Gasteiger partial charge is 0.325 e. The van der Waals surface area contributed by atoms with Crippen LogP contribution in [0.5, 0.6) is 0 Å².